The van der Waals surface area contributed by atoms with Gasteiger partial charge in [0.25, 0.3) is 0 Å². The maximum Gasteiger partial charge on any atom is 0.471 e. The van der Waals surface area contributed by atoms with Crippen LogP contribution in [0.15, 0.2) is 11.2 Å². The molecule has 15 heteroatoms. The topological polar surface area (TPSA) is 142 Å². The van der Waals surface area contributed by atoms with E-state index in [0.29, 0.717) is 38.1 Å². The summed E-state index contributed by atoms with van der Waals surface area (Å²) < 4.78 is 77.1. The Bertz CT molecular complexity index is 1170. The summed E-state index contributed by atoms with van der Waals surface area (Å²) in [4.78, 5) is 52.4. The van der Waals surface area contributed by atoms with Crippen molar-refractivity contribution in [3.8, 4) is 0 Å². The molecule has 2 saturated heterocycles. The SMILES string of the molecule is CC(C)(C)[C@H](NC(=O)C(F)(F)F)C(=O)N1C[C@H]2CCC[C@H]2[C@@H]1C(=O)N[C@H](/C=C(/F)S(C)(=O)=O)C[C@@H]1CCNC1=O. The first kappa shape index (κ1) is 31.8. The lowest BCUT2D eigenvalue weighted by Crippen LogP contribution is -2.60. The van der Waals surface area contributed by atoms with Crippen molar-refractivity contribution in [1.29, 1.82) is 0 Å². The summed E-state index contributed by atoms with van der Waals surface area (Å²) in [6.07, 6.45) is -1.55. The minimum absolute atomic E-state index is 0.0826. The highest BCUT2D eigenvalue weighted by Gasteiger charge is 2.53. The molecule has 0 aromatic rings. The van der Waals surface area contributed by atoms with Gasteiger partial charge in [-0.15, -0.1) is 0 Å². The number of carbonyl (C=O) groups excluding carboxylic acids is 4. The van der Waals surface area contributed by atoms with Crippen molar-refractivity contribution in [1.82, 2.24) is 20.9 Å². The van der Waals surface area contributed by atoms with E-state index >= 15 is 0 Å². The van der Waals surface area contributed by atoms with Gasteiger partial charge in [0.15, 0.2) is 0 Å². The highest BCUT2D eigenvalue weighted by Crippen LogP contribution is 2.43. The molecule has 1 aliphatic carbocycles. The minimum Gasteiger partial charge on any atom is -0.356 e. The smallest absolute Gasteiger partial charge is 0.356 e. The van der Waals surface area contributed by atoms with Gasteiger partial charge in [-0.2, -0.15) is 17.6 Å². The minimum atomic E-state index is -5.22. The lowest BCUT2D eigenvalue weighted by Gasteiger charge is -2.36. The number of carbonyl (C=O) groups is 4. The second kappa shape index (κ2) is 11.6. The van der Waals surface area contributed by atoms with Gasteiger partial charge in [-0.25, -0.2) is 8.42 Å². The molecule has 0 radical (unpaired) electrons. The van der Waals surface area contributed by atoms with Crippen molar-refractivity contribution >= 4 is 33.5 Å². The van der Waals surface area contributed by atoms with Crippen LogP contribution in [0.25, 0.3) is 0 Å². The van der Waals surface area contributed by atoms with Crippen LogP contribution in [0.2, 0.25) is 0 Å². The number of sulfone groups is 1. The lowest BCUT2D eigenvalue weighted by atomic mass is 9.85. The Balaban J connectivity index is 1.91. The van der Waals surface area contributed by atoms with E-state index in [-0.39, 0.29) is 30.7 Å². The van der Waals surface area contributed by atoms with Gasteiger partial charge in [-0.3, -0.25) is 19.2 Å². The second-order valence-corrected chi connectivity index (χ2v) is 13.9. The molecule has 40 heavy (non-hydrogen) atoms. The van der Waals surface area contributed by atoms with E-state index in [1.807, 2.05) is 0 Å². The first-order valence-corrected chi connectivity index (χ1v) is 15.0. The molecule has 2 aliphatic heterocycles. The van der Waals surface area contributed by atoms with Crippen LogP contribution < -0.4 is 16.0 Å². The summed E-state index contributed by atoms with van der Waals surface area (Å²) in [6, 6.07) is -3.95. The van der Waals surface area contributed by atoms with Gasteiger partial charge in [0.05, 0.1) is 6.04 Å². The third kappa shape index (κ3) is 7.32. The molecule has 3 fully saturated rings. The van der Waals surface area contributed by atoms with Gasteiger partial charge >= 0.3 is 12.1 Å². The van der Waals surface area contributed by atoms with E-state index in [0.717, 1.165) is 6.42 Å². The third-order valence-electron chi connectivity index (χ3n) is 7.80. The number of amides is 4. The Hall–Kier alpha value is -2.71. The van der Waals surface area contributed by atoms with Gasteiger partial charge in [-0.1, -0.05) is 27.2 Å². The zero-order valence-corrected chi connectivity index (χ0v) is 23.6. The molecular weight excluding hydrogens is 560 g/mol. The number of likely N-dealkylation sites (tertiary alicyclic amines) is 1. The molecular formula is C25H36F4N4O6S. The predicted molar refractivity (Wildman–Crippen MR) is 135 cm³/mol. The Morgan fingerprint density at radius 2 is 1.77 bits per heavy atom. The number of alkyl halides is 3. The van der Waals surface area contributed by atoms with Crippen LogP contribution in [-0.4, -0.2) is 80.6 Å². The number of hydrogen-bond donors (Lipinski definition) is 3. The summed E-state index contributed by atoms with van der Waals surface area (Å²) in [5.74, 6) is -5.25. The summed E-state index contributed by atoms with van der Waals surface area (Å²) in [6.45, 7) is 4.91. The zero-order valence-electron chi connectivity index (χ0n) is 22.8. The van der Waals surface area contributed by atoms with Gasteiger partial charge in [0.2, 0.25) is 32.7 Å². The van der Waals surface area contributed by atoms with E-state index in [9.17, 15) is 45.2 Å². The van der Waals surface area contributed by atoms with E-state index in [1.54, 1.807) is 5.32 Å². The van der Waals surface area contributed by atoms with E-state index in [1.165, 1.54) is 25.7 Å². The molecule has 3 N–H and O–H groups in total. The molecule has 4 amide bonds. The van der Waals surface area contributed by atoms with Crippen molar-refractivity contribution in [3.05, 3.63) is 11.2 Å². The van der Waals surface area contributed by atoms with Gasteiger partial charge < -0.3 is 20.9 Å². The summed E-state index contributed by atoms with van der Waals surface area (Å²) in [5.41, 5.74) is -1.14. The van der Waals surface area contributed by atoms with Crippen molar-refractivity contribution < 1.29 is 45.2 Å². The van der Waals surface area contributed by atoms with Gasteiger partial charge in [0, 0.05) is 25.3 Å². The van der Waals surface area contributed by atoms with Gasteiger partial charge in [-0.05, 0) is 49.0 Å². The fourth-order valence-electron chi connectivity index (χ4n) is 5.79. The summed E-state index contributed by atoms with van der Waals surface area (Å²) >= 11 is 0. The summed E-state index contributed by atoms with van der Waals surface area (Å²) in [7, 11) is -4.24. The van der Waals surface area contributed by atoms with E-state index in [2.05, 4.69) is 10.6 Å². The molecule has 226 valence electrons. The molecule has 0 aromatic carbocycles. The lowest BCUT2D eigenvalue weighted by molar-refractivity contribution is -0.176. The van der Waals surface area contributed by atoms with Crippen molar-refractivity contribution in [2.75, 3.05) is 19.3 Å². The maximum absolute atomic E-state index is 14.5. The average Bonchev–Trinajstić information content (AvgIpc) is 3.50. The van der Waals surface area contributed by atoms with Crippen molar-refractivity contribution in [2.24, 2.45) is 23.2 Å². The fraction of sp³-hybridized carbons (Fsp3) is 0.760. The molecule has 1 saturated carbocycles. The average molecular weight is 597 g/mol. The van der Waals surface area contributed by atoms with Gasteiger partial charge in [0.1, 0.15) is 12.1 Å². The Morgan fingerprint density at radius 1 is 1.12 bits per heavy atom. The first-order valence-electron chi connectivity index (χ1n) is 13.1. The highest BCUT2D eigenvalue weighted by atomic mass is 32.2. The number of fused-ring (bicyclic) bond motifs is 1. The zero-order chi connectivity index (χ0) is 30.2. The Kier molecular flexibility index (Phi) is 9.26. The molecule has 10 nitrogen and oxygen atoms in total. The molecule has 0 aromatic heterocycles. The molecule has 6 atom stereocenters. The van der Waals surface area contributed by atoms with Crippen LogP contribution in [0.3, 0.4) is 0 Å². The van der Waals surface area contributed by atoms with Crippen molar-refractivity contribution in [2.45, 2.75) is 77.2 Å². The van der Waals surface area contributed by atoms with Crippen LogP contribution in [-0.2, 0) is 29.0 Å². The van der Waals surface area contributed by atoms with E-state index in [4.69, 9.17) is 0 Å². The van der Waals surface area contributed by atoms with Crippen LogP contribution in [0.4, 0.5) is 17.6 Å². The highest BCUT2D eigenvalue weighted by molar-refractivity contribution is 7.94. The Labute approximate surface area is 230 Å². The first-order chi connectivity index (χ1) is 18.3. The molecule has 2 heterocycles. The largest absolute Gasteiger partial charge is 0.471 e. The quantitative estimate of drug-likeness (QED) is 0.364. The molecule has 3 aliphatic rings. The second-order valence-electron chi connectivity index (χ2n) is 11.9. The monoisotopic (exact) mass is 596 g/mol. The van der Waals surface area contributed by atoms with E-state index < -0.39 is 68.4 Å². The predicted octanol–water partition coefficient (Wildman–Crippen LogP) is 1.57. The standard InChI is InChI=1S/C25H36F4N4O6S/c1-24(2,3)19(32-23(37)25(27,28)29)22(36)33-12-14-6-5-7-16(14)18(33)21(35)31-15(11-17(26)40(4,38)39)10-13-8-9-30-20(13)34/h11,13-16,18-19H,5-10,12H2,1-4H3,(H,30,34)(H,31,35)(H,32,37)/b17-11-/t13-,14+,15-,16+,18+,19+/m0/s1. The molecule has 3 rings (SSSR count). The molecule has 0 bridgehead atoms. The number of rotatable bonds is 8. The number of halogens is 4. The van der Waals surface area contributed by atoms with Crippen LogP contribution in [0, 0.1) is 23.2 Å². The third-order valence-corrected chi connectivity index (χ3v) is 8.65. The molecule has 0 spiro atoms. The van der Waals surface area contributed by atoms with Crippen molar-refractivity contribution in [3.63, 3.8) is 0 Å². The number of nitrogens with one attached hydrogen (secondary N) is 3. The summed E-state index contributed by atoms with van der Waals surface area (Å²) in [5, 5.41) is 5.50. The Morgan fingerprint density at radius 3 is 2.30 bits per heavy atom. The number of nitrogens with zero attached hydrogens (tertiary/aromatic N) is 1. The number of hydrogen-bond acceptors (Lipinski definition) is 6. The maximum atomic E-state index is 14.5. The van der Waals surface area contributed by atoms with Crippen LogP contribution in [0.1, 0.15) is 52.9 Å². The molecule has 0 unspecified atom stereocenters. The normalized spacial score (nSPS) is 27.1. The fourth-order valence-corrected chi connectivity index (χ4v) is 6.20. The van der Waals surface area contributed by atoms with Crippen LogP contribution >= 0.6 is 0 Å². The van der Waals surface area contributed by atoms with Crippen LogP contribution in [0.5, 0.6) is 0 Å².